The maximum atomic E-state index is 12.5. The van der Waals surface area contributed by atoms with E-state index in [4.69, 9.17) is 5.11 Å². The van der Waals surface area contributed by atoms with Crippen molar-refractivity contribution in [2.45, 2.75) is 31.3 Å². The first kappa shape index (κ1) is 15.0. The Bertz CT molecular complexity index is 559. The van der Waals surface area contributed by atoms with Gasteiger partial charge in [-0.15, -0.1) is 0 Å². The number of aliphatic hydroxyl groups excluding tert-OH is 1. The minimum atomic E-state index is -3.43. The third-order valence-electron chi connectivity index (χ3n) is 3.62. The molecule has 1 fully saturated rings. The summed E-state index contributed by atoms with van der Waals surface area (Å²) in [5.74, 6) is 0.463. The van der Waals surface area contributed by atoms with E-state index in [0.29, 0.717) is 29.0 Å². The van der Waals surface area contributed by atoms with Crippen molar-refractivity contribution in [3.8, 4) is 0 Å². The fourth-order valence-electron chi connectivity index (χ4n) is 2.34. The summed E-state index contributed by atoms with van der Waals surface area (Å²) in [5, 5.41) is 9.05. The summed E-state index contributed by atoms with van der Waals surface area (Å²) < 4.78 is 27.2. The Labute approximate surface area is 122 Å². The minimum Gasteiger partial charge on any atom is -0.392 e. The van der Waals surface area contributed by atoms with Crippen LogP contribution >= 0.6 is 15.9 Å². The lowest BCUT2D eigenvalue weighted by Gasteiger charge is -2.17. The zero-order valence-corrected chi connectivity index (χ0v) is 13.2. The molecule has 0 saturated carbocycles. The van der Waals surface area contributed by atoms with Crippen LogP contribution in [0.15, 0.2) is 27.6 Å². The molecule has 0 aliphatic carbocycles. The van der Waals surface area contributed by atoms with Crippen LogP contribution in [0.2, 0.25) is 0 Å². The highest BCUT2D eigenvalue weighted by molar-refractivity contribution is 9.10. The van der Waals surface area contributed by atoms with Crippen LogP contribution in [0.1, 0.15) is 25.3 Å². The van der Waals surface area contributed by atoms with Crippen LogP contribution in [-0.2, 0) is 16.6 Å². The van der Waals surface area contributed by atoms with E-state index in [1.54, 1.807) is 22.5 Å². The summed E-state index contributed by atoms with van der Waals surface area (Å²) in [6, 6.07) is 4.86. The molecule has 1 aliphatic rings. The van der Waals surface area contributed by atoms with E-state index in [2.05, 4.69) is 22.9 Å². The van der Waals surface area contributed by atoms with Crippen LogP contribution in [0.3, 0.4) is 0 Å². The highest BCUT2D eigenvalue weighted by atomic mass is 79.9. The molecule has 1 N–H and O–H groups in total. The van der Waals surface area contributed by atoms with Crippen molar-refractivity contribution >= 4 is 26.0 Å². The van der Waals surface area contributed by atoms with Gasteiger partial charge in [0.25, 0.3) is 0 Å². The number of benzene rings is 1. The summed E-state index contributed by atoms with van der Waals surface area (Å²) in [6.07, 6.45) is 1.94. The fourth-order valence-corrected chi connectivity index (χ4v) is 4.96. The van der Waals surface area contributed by atoms with Crippen molar-refractivity contribution in [3.63, 3.8) is 0 Å². The van der Waals surface area contributed by atoms with Gasteiger partial charge in [0.2, 0.25) is 10.0 Å². The SMILES string of the molecule is CCC1CCN(S(=O)(=O)c2ccc(CO)cc2Br)C1. The third-order valence-corrected chi connectivity index (χ3v) is 6.46. The molecular weight excluding hydrogens is 330 g/mol. The molecule has 6 heteroatoms. The van der Waals surface area contributed by atoms with Crippen molar-refractivity contribution in [3.05, 3.63) is 28.2 Å². The van der Waals surface area contributed by atoms with Crippen LogP contribution in [0.25, 0.3) is 0 Å². The van der Waals surface area contributed by atoms with Crippen LogP contribution in [0.5, 0.6) is 0 Å². The van der Waals surface area contributed by atoms with Gasteiger partial charge in [-0.3, -0.25) is 0 Å². The molecule has 1 heterocycles. The van der Waals surface area contributed by atoms with Gasteiger partial charge in [0.15, 0.2) is 0 Å². The molecule has 0 aromatic heterocycles. The summed E-state index contributed by atoms with van der Waals surface area (Å²) in [4.78, 5) is 0.279. The Balaban J connectivity index is 2.30. The Kier molecular flexibility index (Phi) is 4.66. The van der Waals surface area contributed by atoms with E-state index in [1.807, 2.05) is 0 Å². The van der Waals surface area contributed by atoms with Crippen molar-refractivity contribution in [1.29, 1.82) is 0 Å². The van der Waals surface area contributed by atoms with Crippen molar-refractivity contribution in [1.82, 2.24) is 4.31 Å². The van der Waals surface area contributed by atoms with Gasteiger partial charge in [-0.25, -0.2) is 8.42 Å². The second-order valence-corrected chi connectivity index (χ2v) is 7.61. The van der Waals surface area contributed by atoms with Gasteiger partial charge in [0, 0.05) is 17.6 Å². The van der Waals surface area contributed by atoms with Gasteiger partial charge in [-0.2, -0.15) is 4.31 Å². The Hall–Kier alpha value is -0.430. The first-order chi connectivity index (χ1) is 8.98. The number of hydrogen-bond acceptors (Lipinski definition) is 3. The number of nitrogens with zero attached hydrogens (tertiary/aromatic N) is 1. The van der Waals surface area contributed by atoms with Crippen LogP contribution in [0, 0.1) is 5.92 Å². The maximum absolute atomic E-state index is 12.5. The van der Waals surface area contributed by atoms with E-state index in [0.717, 1.165) is 12.8 Å². The second kappa shape index (κ2) is 5.91. The highest BCUT2D eigenvalue weighted by Gasteiger charge is 2.32. The molecule has 0 spiro atoms. The summed E-state index contributed by atoms with van der Waals surface area (Å²) >= 11 is 3.29. The smallest absolute Gasteiger partial charge is 0.244 e. The molecule has 1 aromatic rings. The lowest BCUT2D eigenvalue weighted by atomic mass is 10.1. The van der Waals surface area contributed by atoms with Gasteiger partial charge in [0.05, 0.1) is 11.5 Å². The van der Waals surface area contributed by atoms with E-state index in [9.17, 15) is 8.42 Å². The third kappa shape index (κ3) is 3.02. The average Bonchev–Trinajstić information content (AvgIpc) is 2.87. The van der Waals surface area contributed by atoms with E-state index >= 15 is 0 Å². The molecule has 1 unspecified atom stereocenters. The molecule has 1 aromatic carbocycles. The highest BCUT2D eigenvalue weighted by Crippen LogP contribution is 2.30. The van der Waals surface area contributed by atoms with E-state index in [1.165, 1.54) is 0 Å². The molecule has 1 aliphatic heterocycles. The molecule has 2 rings (SSSR count). The lowest BCUT2D eigenvalue weighted by Crippen LogP contribution is -2.29. The quantitative estimate of drug-likeness (QED) is 0.909. The molecule has 4 nitrogen and oxygen atoms in total. The Morgan fingerprint density at radius 3 is 2.74 bits per heavy atom. The largest absolute Gasteiger partial charge is 0.392 e. The Morgan fingerprint density at radius 2 is 2.21 bits per heavy atom. The summed E-state index contributed by atoms with van der Waals surface area (Å²) in [5.41, 5.74) is 0.693. The second-order valence-electron chi connectivity index (χ2n) is 4.85. The van der Waals surface area contributed by atoms with Gasteiger partial charge in [0.1, 0.15) is 0 Å². The number of hydrogen-bond donors (Lipinski definition) is 1. The standard InChI is InChI=1S/C13H18BrNO3S/c1-2-10-5-6-15(8-10)19(17,18)13-4-3-11(9-16)7-12(13)14/h3-4,7,10,16H,2,5-6,8-9H2,1H3. The van der Waals surface area contributed by atoms with Crippen molar-refractivity contribution < 1.29 is 13.5 Å². The van der Waals surface area contributed by atoms with Gasteiger partial charge >= 0.3 is 0 Å². The molecular formula is C13H18BrNO3S. The average molecular weight is 348 g/mol. The van der Waals surface area contributed by atoms with Gasteiger partial charge in [-0.05, 0) is 46.0 Å². The molecule has 19 heavy (non-hydrogen) atoms. The van der Waals surface area contributed by atoms with Crippen molar-refractivity contribution in [2.24, 2.45) is 5.92 Å². The number of aliphatic hydroxyl groups is 1. The molecule has 0 amide bonds. The lowest BCUT2D eigenvalue weighted by molar-refractivity contribution is 0.281. The first-order valence-corrected chi connectivity index (χ1v) is 8.61. The van der Waals surface area contributed by atoms with Crippen LogP contribution < -0.4 is 0 Å². The predicted octanol–water partition coefficient (Wildman–Crippen LogP) is 2.36. The zero-order chi connectivity index (χ0) is 14.0. The normalized spacial score (nSPS) is 20.9. The number of sulfonamides is 1. The van der Waals surface area contributed by atoms with Gasteiger partial charge in [-0.1, -0.05) is 19.4 Å². The summed E-state index contributed by atoms with van der Waals surface area (Å²) in [6.45, 7) is 3.19. The van der Waals surface area contributed by atoms with E-state index < -0.39 is 10.0 Å². The minimum absolute atomic E-state index is 0.0967. The molecule has 1 atom stereocenters. The molecule has 106 valence electrons. The van der Waals surface area contributed by atoms with Crippen LogP contribution in [0.4, 0.5) is 0 Å². The Morgan fingerprint density at radius 1 is 1.47 bits per heavy atom. The zero-order valence-electron chi connectivity index (χ0n) is 10.8. The molecule has 0 bridgehead atoms. The molecule has 1 saturated heterocycles. The topological polar surface area (TPSA) is 57.6 Å². The number of rotatable bonds is 4. The first-order valence-electron chi connectivity index (χ1n) is 6.38. The van der Waals surface area contributed by atoms with E-state index in [-0.39, 0.29) is 11.5 Å². The summed E-state index contributed by atoms with van der Waals surface area (Å²) in [7, 11) is -3.43. The maximum Gasteiger partial charge on any atom is 0.244 e. The number of halogens is 1. The predicted molar refractivity (Wildman–Crippen MR) is 77.2 cm³/mol. The monoisotopic (exact) mass is 347 g/mol. The van der Waals surface area contributed by atoms with Gasteiger partial charge < -0.3 is 5.11 Å². The van der Waals surface area contributed by atoms with Crippen molar-refractivity contribution in [2.75, 3.05) is 13.1 Å². The fraction of sp³-hybridized carbons (Fsp3) is 0.538. The van der Waals surface area contributed by atoms with Crippen LogP contribution in [-0.4, -0.2) is 30.9 Å². The molecule has 0 radical (unpaired) electrons.